The fraction of sp³-hybridized carbons (Fsp3) is 0.364. The molecule has 0 spiro atoms. The molecule has 6 heteroatoms. The fourth-order valence-corrected chi connectivity index (χ4v) is 2.82. The van der Waals surface area contributed by atoms with E-state index in [1.54, 1.807) is 25.1 Å². The Labute approximate surface area is 101 Å². The van der Waals surface area contributed by atoms with Gasteiger partial charge in [-0.05, 0) is 25.5 Å². The summed E-state index contributed by atoms with van der Waals surface area (Å²) in [5, 5.41) is 0. The van der Waals surface area contributed by atoms with Gasteiger partial charge in [-0.1, -0.05) is 18.2 Å². The minimum atomic E-state index is -3.70. The van der Waals surface area contributed by atoms with Crippen molar-refractivity contribution in [2.24, 2.45) is 0 Å². The monoisotopic (exact) mass is 257 g/mol. The molecule has 0 saturated heterocycles. The standard InChI is InChI=1S/C11H15NO4S/c1-8-6-4-5-7-10(8)17(14,15)12-9(2)11(13)16-3/h4-7,9,12H,1-3H3. The summed E-state index contributed by atoms with van der Waals surface area (Å²) >= 11 is 0. The third kappa shape index (κ3) is 3.28. The van der Waals surface area contributed by atoms with Crippen LogP contribution in [-0.2, 0) is 19.6 Å². The number of sulfonamides is 1. The molecular formula is C11H15NO4S. The van der Waals surface area contributed by atoms with E-state index in [2.05, 4.69) is 9.46 Å². The normalized spacial score (nSPS) is 13.1. The van der Waals surface area contributed by atoms with Crippen molar-refractivity contribution in [2.75, 3.05) is 7.11 Å². The second-order valence-electron chi connectivity index (χ2n) is 3.63. The predicted molar refractivity (Wildman–Crippen MR) is 63.0 cm³/mol. The molecule has 0 fully saturated rings. The highest BCUT2D eigenvalue weighted by Gasteiger charge is 2.23. The minimum Gasteiger partial charge on any atom is -0.468 e. The van der Waals surface area contributed by atoms with Gasteiger partial charge in [0.1, 0.15) is 6.04 Å². The lowest BCUT2D eigenvalue weighted by Gasteiger charge is -2.13. The van der Waals surface area contributed by atoms with Gasteiger partial charge >= 0.3 is 5.97 Å². The van der Waals surface area contributed by atoms with Crippen molar-refractivity contribution in [3.05, 3.63) is 29.8 Å². The van der Waals surface area contributed by atoms with Gasteiger partial charge in [-0.25, -0.2) is 8.42 Å². The van der Waals surface area contributed by atoms with Crippen LogP contribution in [0.2, 0.25) is 0 Å². The lowest BCUT2D eigenvalue weighted by molar-refractivity contribution is -0.142. The van der Waals surface area contributed by atoms with Gasteiger partial charge in [-0.15, -0.1) is 0 Å². The maximum absolute atomic E-state index is 12.0. The van der Waals surface area contributed by atoms with Gasteiger partial charge in [-0.3, -0.25) is 4.79 Å². The first-order valence-corrected chi connectivity index (χ1v) is 6.52. The molecule has 0 radical (unpaired) electrons. The summed E-state index contributed by atoms with van der Waals surface area (Å²) < 4.78 is 30.6. The van der Waals surface area contributed by atoms with Crippen LogP contribution in [-0.4, -0.2) is 27.5 Å². The zero-order chi connectivity index (χ0) is 13.1. The summed E-state index contributed by atoms with van der Waals surface area (Å²) in [4.78, 5) is 11.3. The number of carbonyl (C=O) groups is 1. The van der Waals surface area contributed by atoms with E-state index in [-0.39, 0.29) is 4.90 Å². The Morgan fingerprint density at radius 3 is 2.47 bits per heavy atom. The van der Waals surface area contributed by atoms with E-state index in [9.17, 15) is 13.2 Å². The predicted octanol–water partition coefficient (Wildman–Crippen LogP) is 0.835. The molecule has 1 aromatic rings. The van der Waals surface area contributed by atoms with E-state index >= 15 is 0 Å². The van der Waals surface area contributed by atoms with E-state index in [1.807, 2.05) is 0 Å². The molecule has 1 rings (SSSR count). The van der Waals surface area contributed by atoms with Gasteiger partial charge in [0.15, 0.2) is 0 Å². The lowest BCUT2D eigenvalue weighted by atomic mass is 10.2. The van der Waals surface area contributed by atoms with Crippen LogP contribution in [0.5, 0.6) is 0 Å². The third-order valence-electron chi connectivity index (χ3n) is 2.27. The van der Waals surface area contributed by atoms with Crippen molar-refractivity contribution >= 4 is 16.0 Å². The van der Waals surface area contributed by atoms with Crippen LogP contribution in [0.1, 0.15) is 12.5 Å². The molecule has 1 N–H and O–H groups in total. The first-order valence-electron chi connectivity index (χ1n) is 5.04. The molecule has 94 valence electrons. The molecule has 0 bridgehead atoms. The Morgan fingerprint density at radius 1 is 1.35 bits per heavy atom. The van der Waals surface area contributed by atoms with Crippen LogP contribution in [0.4, 0.5) is 0 Å². The molecule has 1 unspecified atom stereocenters. The number of esters is 1. The Morgan fingerprint density at radius 2 is 1.94 bits per heavy atom. The first kappa shape index (κ1) is 13.7. The first-order chi connectivity index (χ1) is 7.88. The Bertz CT molecular complexity index is 510. The van der Waals surface area contributed by atoms with Crippen LogP contribution < -0.4 is 4.72 Å². The summed E-state index contributed by atoms with van der Waals surface area (Å²) in [6, 6.07) is 5.64. The molecule has 1 atom stereocenters. The number of ether oxygens (including phenoxy) is 1. The number of rotatable bonds is 4. The molecule has 1 aromatic carbocycles. The maximum atomic E-state index is 12.0. The number of aryl methyl sites for hydroxylation is 1. The molecule has 0 heterocycles. The van der Waals surface area contributed by atoms with Crippen molar-refractivity contribution in [1.29, 1.82) is 0 Å². The molecule has 17 heavy (non-hydrogen) atoms. The Kier molecular flexibility index (Phi) is 4.25. The minimum absolute atomic E-state index is 0.163. The summed E-state index contributed by atoms with van der Waals surface area (Å²) in [7, 11) is -2.49. The number of nitrogens with one attached hydrogen (secondary N) is 1. The molecule has 0 aliphatic heterocycles. The SMILES string of the molecule is COC(=O)C(C)NS(=O)(=O)c1ccccc1C. The fourth-order valence-electron chi connectivity index (χ4n) is 1.38. The highest BCUT2D eigenvalue weighted by molar-refractivity contribution is 7.89. The zero-order valence-corrected chi connectivity index (χ0v) is 10.7. The van der Waals surface area contributed by atoms with E-state index in [4.69, 9.17) is 0 Å². The third-order valence-corrected chi connectivity index (χ3v) is 3.97. The highest BCUT2D eigenvalue weighted by Crippen LogP contribution is 2.14. The lowest BCUT2D eigenvalue weighted by Crippen LogP contribution is -2.39. The molecule has 0 saturated carbocycles. The largest absolute Gasteiger partial charge is 0.468 e. The molecule has 0 aliphatic carbocycles. The van der Waals surface area contributed by atoms with Gasteiger partial charge in [0, 0.05) is 0 Å². The van der Waals surface area contributed by atoms with Gasteiger partial charge in [0.2, 0.25) is 10.0 Å². The van der Waals surface area contributed by atoms with Gasteiger partial charge < -0.3 is 4.74 Å². The highest BCUT2D eigenvalue weighted by atomic mass is 32.2. The molecule has 0 aliphatic rings. The number of methoxy groups -OCH3 is 1. The van der Waals surface area contributed by atoms with Crippen molar-refractivity contribution in [3.63, 3.8) is 0 Å². The van der Waals surface area contributed by atoms with Gasteiger partial charge in [0.25, 0.3) is 0 Å². The van der Waals surface area contributed by atoms with Crippen LogP contribution >= 0.6 is 0 Å². The van der Waals surface area contributed by atoms with E-state index in [1.165, 1.54) is 20.1 Å². The quantitative estimate of drug-likeness (QED) is 0.811. The molecular weight excluding hydrogens is 242 g/mol. The van der Waals surface area contributed by atoms with Crippen LogP contribution in [0, 0.1) is 6.92 Å². The zero-order valence-electron chi connectivity index (χ0n) is 9.93. The maximum Gasteiger partial charge on any atom is 0.323 e. The molecule has 0 amide bonds. The topological polar surface area (TPSA) is 72.5 Å². The van der Waals surface area contributed by atoms with Crippen LogP contribution in [0.15, 0.2) is 29.2 Å². The van der Waals surface area contributed by atoms with Crippen molar-refractivity contribution in [3.8, 4) is 0 Å². The number of carbonyl (C=O) groups excluding carboxylic acids is 1. The Hall–Kier alpha value is -1.40. The van der Waals surface area contributed by atoms with Gasteiger partial charge in [-0.2, -0.15) is 4.72 Å². The molecule has 0 aromatic heterocycles. The van der Waals surface area contributed by atoms with E-state index in [0.717, 1.165) is 0 Å². The average molecular weight is 257 g/mol. The number of benzene rings is 1. The summed E-state index contributed by atoms with van der Waals surface area (Å²) in [5.41, 5.74) is 0.622. The average Bonchev–Trinajstić information content (AvgIpc) is 2.27. The number of hydrogen-bond acceptors (Lipinski definition) is 4. The number of hydrogen-bond donors (Lipinski definition) is 1. The van der Waals surface area contributed by atoms with E-state index < -0.39 is 22.0 Å². The second kappa shape index (κ2) is 5.29. The second-order valence-corrected chi connectivity index (χ2v) is 5.31. The van der Waals surface area contributed by atoms with Gasteiger partial charge in [0.05, 0.1) is 12.0 Å². The van der Waals surface area contributed by atoms with Crippen LogP contribution in [0.25, 0.3) is 0 Å². The Balaban J connectivity index is 2.98. The van der Waals surface area contributed by atoms with Crippen molar-refractivity contribution in [2.45, 2.75) is 24.8 Å². The summed E-state index contributed by atoms with van der Waals surface area (Å²) in [6.07, 6.45) is 0. The van der Waals surface area contributed by atoms with Crippen LogP contribution in [0.3, 0.4) is 0 Å². The van der Waals surface area contributed by atoms with Crippen molar-refractivity contribution < 1.29 is 17.9 Å². The summed E-state index contributed by atoms with van der Waals surface area (Å²) in [6.45, 7) is 3.12. The smallest absolute Gasteiger partial charge is 0.323 e. The summed E-state index contributed by atoms with van der Waals surface area (Å²) in [5.74, 6) is -0.623. The van der Waals surface area contributed by atoms with Crippen molar-refractivity contribution in [1.82, 2.24) is 4.72 Å². The van der Waals surface area contributed by atoms with E-state index in [0.29, 0.717) is 5.56 Å². The molecule has 5 nitrogen and oxygen atoms in total.